The summed E-state index contributed by atoms with van der Waals surface area (Å²) in [6.07, 6.45) is 0.841. The molecule has 0 aromatic heterocycles. The molecule has 1 aromatic rings. The molecule has 1 rings (SSSR count). The first-order chi connectivity index (χ1) is 7.52. The Morgan fingerprint density at radius 3 is 2.69 bits per heavy atom. The van der Waals surface area contributed by atoms with E-state index in [1.165, 1.54) is 0 Å². The maximum Gasteiger partial charge on any atom is 0.340 e. The van der Waals surface area contributed by atoms with Gasteiger partial charge in [-0.05, 0) is 24.5 Å². The number of ether oxygens (including phenoxy) is 1. The van der Waals surface area contributed by atoms with Gasteiger partial charge in [-0.15, -0.1) is 0 Å². The fourth-order valence-electron chi connectivity index (χ4n) is 1.23. The van der Waals surface area contributed by atoms with E-state index in [1.54, 1.807) is 18.2 Å². The molecule has 0 saturated carbocycles. The van der Waals surface area contributed by atoms with Gasteiger partial charge in [-0.3, -0.25) is 0 Å². The molecule has 0 atom stereocenters. The molecular formula is C12H18N2O2. The number of benzene rings is 1. The lowest BCUT2D eigenvalue weighted by atomic mass is 10.1. The number of carbonyl (C=O) groups excluding carboxylic acids is 1. The van der Waals surface area contributed by atoms with Gasteiger partial charge in [0.2, 0.25) is 0 Å². The second-order valence-corrected chi connectivity index (χ2v) is 4.13. The van der Waals surface area contributed by atoms with Gasteiger partial charge in [-0.2, -0.15) is 0 Å². The van der Waals surface area contributed by atoms with E-state index in [-0.39, 0.29) is 5.69 Å². The zero-order valence-corrected chi connectivity index (χ0v) is 9.69. The summed E-state index contributed by atoms with van der Waals surface area (Å²) >= 11 is 0. The Bertz CT molecular complexity index is 375. The number of carbonyl (C=O) groups is 1. The highest BCUT2D eigenvalue weighted by Gasteiger charge is 2.12. The topological polar surface area (TPSA) is 78.3 Å². The van der Waals surface area contributed by atoms with E-state index >= 15 is 0 Å². The van der Waals surface area contributed by atoms with Gasteiger partial charge >= 0.3 is 5.97 Å². The normalized spacial score (nSPS) is 10.4. The number of anilines is 2. The van der Waals surface area contributed by atoms with E-state index in [4.69, 9.17) is 16.2 Å². The number of para-hydroxylation sites is 1. The zero-order chi connectivity index (χ0) is 12.1. The maximum atomic E-state index is 11.6. The fraction of sp³-hybridized carbons (Fsp3) is 0.417. The third-order valence-electron chi connectivity index (χ3n) is 2.29. The average molecular weight is 222 g/mol. The van der Waals surface area contributed by atoms with Gasteiger partial charge in [-0.1, -0.05) is 19.9 Å². The van der Waals surface area contributed by atoms with Crippen LogP contribution in [0.2, 0.25) is 0 Å². The second-order valence-electron chi connectivity index (χ2n) is 4.13. The van der Waals surface area contributed by atoms with Gasteiger partial charge in [0.15, 0.2) is 0 Å². The number of rotatable bonds is 4. The standard InChI is InChI=1S/C12H18N2O2/c1-8(2)6-7-16-12(15)9-4-3-5-10(13)11(9)14/h3-5,8H,6-7,13-14H2,1-2H3. The van der Waals surface area contributed by atoms with E-state index in [0.717, 1.165) is 6.42 Å². The molecule has 1 aromatic carbocycles. The second kappa shape index (κ2) is 5.39. The minimum atomic E-state index is -0.412. The third kappa shape index (κ3) is 3.15. The molecule has 0 aliphatic carbocycles. The molecule has 0 heterocycles. The van der Waals surface area contributed by atoms with Crippen LogP contribution < -0.4 is 11.5 Å². The highest BCUT2D eigenvalue weighted by Crippen LogP contribution is 2.20. The van der Waals surface area contributed by atoms with Gasteiger partial charge in [0.05, 0.1) is 23.5 Å². The Morgan fingerprint density at radius 1 is 1.38 bits per heavy atom. The molecule has 4 nitrogen and oxygen atoms in total. The smallest absolute Gasteiger partial charge is 0.340 e. The summed E-state index contributed by atoms with van der Waals surface area (Å²) in [5.74, 6) is 0.0939. The molecule has 16 heavy (non-hydrogen) atoms. The highest BCUT2D eigenvalue weighted by atomic mass is 16.5. The first kappa shape index (κ1) is 12.4. The number of hydrogen-bond donors (Lipinski definition) is 2. The first-order valence-corrected chi connectivity index (χ1v) is 5.33. The summed E-state index contributed by atoms with van der Waals surface area (Å²) < 4.78 is 5.10. The Labute approximate surface area is 95.6 Å². The molecule has 0 aliphatic rings. The SMILES string of the molecule is CC(C)CCOC(=O)c1cccc(N)c1N. The summed E-state index contributed by atoms with van der Waals surface area (Å²) in [6, 6.07) is 4.95. The molecule has 0 amide bonds. The summed E-state index contributed by atoms with van der Waals surface area (Å²) in [5.41, 5.74) is 12.3. The predicted molar refractivity (Wildman–Crippen MR) is 65.0 cm³/mol. The van der Waals surface area contributed by atoms with Crippen LogP contribution in [0.15, 0.2) is 18.2 Å². The zero-order valence-electron chi connectivity index (χ0n) is 9.69. The molecule has 4 N–H and O–H groups in total. The number of hydrogen-bond acceptors (Lipinski definition) is 4. The molecule has 88 valence electrons. The van der Waals surface area contributed by atoms with Crippen molar-refractivity contribution in [2.75, 3.05) is 18.1 Å². The third-order valence-corrected chi connectivity index (χ3v) is 2.29. The molecule has 0 saturated heterocycles. The van der Waals surface area contributed by atoms with Crippen LogP contribution in [0.25, 0.3) is 0 Å². The van der Waals surface area contributed by atoms with E-state index in [9.17, 15) is 4.79 Å². The number of esters is 1. The van der Waals surface area contributed by atoms with Crippen molar-refractivity contribution in [1.82, 2.24) is 0 Å². The highest BCUT2D eigenvalue weighted by molar-refractivity contribution is 5.97. The Hall–Kier alpha value is -1.71. The molecule has 0 radical (unpaired) electrons. The van der Waals surface area contributed by atoms with Gasteiger partial charge in [0, 0.05) is 0 Å². The molecule has 0 unspecified atom stereocenters. The van der Waals surface area contributed by atoms with Crippen molar-refractivity contribution >= 4 is 17.3 Å². The lowest BCUT2D eigenvalue weighted by Gasteiger charge is -2.09. The Kier molecular flexibility index (Phi) is 4.17. The van der Waals surface area contributed by atoms with Gasteiger partial charge in [0.25, 0.3) is 0 Å². The van der Waals surface area contributed by atoms with E-state index in [1.807, 2.05) is 0 Å². The van der Waals surface area contributed by atoms with Crippen LogP contribution in [-0.2, 0) is 4.74 Å². The first-order valence-electron chi connectivity index (χ1n) is 5.33. The van der Waals surface area contributed by atoms with Crippen LogP contribution >= 0.6 is 0 Å². The minimum absolute atomic E-state index is 0.289. The minimum Gasteiger partial charge on any atom is -0.462 e. The monoisotopic (exact) mass is 222 g/mol. The fourth-order valence-corrected chi connectivity index (χ4v) is 1.23. The number of nitrogen functional groups attached to an aromatic ring is 2. The van der Waals surface area contributed by atoms with Crippen LogP contribution in [-0.4, -0.2) is 12.6 Å². The van der Waals surface area contributed by atoms with Gasteiger partial charge in [-0.25, -0.2) is 4.79 Å². The lowest BCUT2D eigenvalue weighted by Crippen LogP contribution is -2.11. The van der Waals surface area contributed by atoms with Crippen molar-refractivity contribution in [1.29, 1.82) is 0 Å². The lowest BCUT2D eigenvalue weighted by molar-refractivity contribution is 0.0489. The van der Waals surface area contributed by atoms with Crippen molar-refractivity contribution in [3.8, 4) is 0 Å². The molecule has 4 heteroatoms. The molecule has 0 spiro atoms. The van der Waals surface area contributed by atoms with E-state index in [2.05, 4.69) is 13.8 Å². The molecule has 0 bridgehead atoms. The van der Waals surface area contributed by atoms with Gasteiger partial charge in [0.1, 0.15) is 0 Å². The maximum absolute atomic E-state index is 11.6. The quantitative estimate of drug-likeness (QED) is 0.603. The van der Waals surface area contributed by atoms with Crippen molar-refractivity contribution < 1.29 is 9.53 Å². The molecule has 0 aliphatic heterocycles. The van der Waals surface area contributed by atoms with Crippen LogP contribution in [0, 0.1) is 5.92 Å². The predicted octanol–water partition coefficient (Wildman–Crippen LogP) is 2.05. The van der Waals surface area contributed by atoms with Gasteiger partial charge < -0.3 is 16.2 Å². The van der Waals surface area contributed by atoms with Crippen molar-refractivity contribution in [3.05, 3.63) is 23.8 Å². The Balaban J connectivity index is 2.63. The van der Waals surface area contributed by atoms with Crippen LogP contribution in [0.4, 0.5) is 11.4 Å². The molecular weight excluding hydrogens is 204 g/mol. The van der Waals surface area contributed by atoms with Crippen LogP contribution in [0.5, 0.6) is 0 Å². The van der Waals surface area contributed by atoms with Crippen LogP contribution in [0.1, 0.15) is 30.6 Å². The number of nitrogens with two attached hydrogens (primary N) is 2. The van der Waals surface area contributed by atoms with E-state index in [0.29, 0.717) is 23.8 Å². The van der Waals surface area contributed by atoms with E-state index < -0.39 is 5.97 Å². The Morgan fingerprint density at radius 2 is 2.06 bits per heavy atom. The summed E-state index contributed by atoms with van der Waals surface area (Å²) in [4.78, 5) is 11.6. The van der Waals surface area contributed by atoms with Crippen molar-refractivity contribution in [2.24, 2.45) is 5.92 Å². The van der Waals surface area contributed by atoms with Crippen molar-refractivity contribution in [2.45, 2.75) is 20.3 Å². The van der Waals surface area contributed by atoms with Crippen LogP contribution in [0.3, 0.4) is 0 Å². The average Bonchev–Trinajstić information content (AvgIpc) is 2.21. The van der Waals surface area contributed by atoms with Crippen molar-refractivity contribution in [3.63, 3.8) is 0 Å². The molecule has 0 fully saturated rings. The summed E-state index contributed by atoms with van der Waals surface area (Å²) in [6.45, 7) is 4.55. The largest absolute Gasteiger partial charge is 0.462 e. The summed E-state index contributed by atoms with van der Waals surface area (Å²) in [7, 11) is 0. The summed E-state index contributed by atoms with van der Waals surface area (Å²) in [5, 5.41) is 0.